The van der Waals surface area contributed by atoms with Crippen molar-refractivity contribution in [3.63, 3.8) is 0 Å². The number of benzene rings is 1. The molecule has 19 heavy (non-hydrogen) atoms. The first-order valence-corrected chi connectivity index (χ1v) is 6.27. The number of halogens is 2. The molecule has 0 bridgehead atoms. The maximum absolute atomic E-state index is 13.4. The lowest BCUT2D eigenvalue weighted by Gasteiger charge is -2.07. The quantitative estimate of drug-likeness (QED) is 0.635. The van der Waals surface area contributed by atoms with Crippen molar-refractivity contribution in [1.29, 1.82) is 0 Å². The molecule has 0 aliphatic carbocycles. The highest BCUT2D eigenvalue weighted by molar-refractivity contribution is 6.19. The van der Waals surface area contributed by atoms with Crippen LogP contribution in [0, 0.1) is 17.7 Å². The molecule has 0 aliphatic rings. The molecule has 2 rings (SSSR count). The van der Waals surface area contributed by atoms with Gasteiger partial charge >= 0.3 is 0 Å². The largest absolute Gasteiger partial charge is 0.492 e. The van der Waals surface area contributed by atoms with Gasteiger partial charge in [-0.25, -0.2) is 4.39 Å². The molecule has 0 radical (unpaired) electrons. The fraction of sp³-hybridized carbons (Fsp3) is 0.214. The van der Waals surface area contributed by atoms with Crippen LogP contribution in [0.5, 0.6) is 5.75 Å². The number of hydrogen-bond donors (Lipinski definition) is 0. The Hall–Kier alpha value is -1.99. The first kappa shape index (κ1) is 13.4. The van der Waals surface area contributed by atoms with Crippen molar-refractivity contribution in [1.82, 2.24) is 9.78 Å². The van der Waals surface area contributed by atoms with E-state index in [2.05, 4.69) is 16.9 Å². The van der Waals surface area contributed by atoms with E-state index >= 15 is 0 Å². The molecule has 0 unspecified atom stereocenters. The Morgan fingerprint density at radius 1 is 1.37 bits per heavy atom. The Balaban J connectivity index is 1.97. The van der Waals surface area contributed by atoms with Gasteiger partial charge in [-0.1, -0.05) is 11.8 Å². The molecule has 0 aliphatic heterocycles. The molecule has 1 aromatic heterocycles. The average molecular weight is 279 g/mol. The predicted molar refractivity (Wildman–Crippen MR) is 71.7 cm³/mol. The van der Waals surface area contributed by atoms with Crippen LogP contribution in [-0.2, 0) is 6.54 Å². The van der Waals surface area contributed by atoms with Gasteiger partial charge in [0.2, 0.25) is 0 Å². The van der Waals surface area contributed by atoms with Crippen LogP contribution in [0.3, 0.4) is 0 Å². The zero-order chi connectivity index (χ0) is 13.5. The molecule has 3 nitrogen and oxygen atoms in total. The number of nitrogens with zero attached hydrogens (tertiary/aromatic N) is 2. The van der Waals surface area contributed by atoms with Crippen molar-refractivity contribution in [2.45, 2.75) is 6.54 Å². The van der Waals surface area contributed by atoms with Crippen LogP contribution >= 0.6 is 11.6 Å². The van der Waals surface area contributed by atoms with Crippen LogP contribution in [-0.4, -0.2) is 22.3 Å². The topological polar surface area (TPSA) is 27.1 Å². The predicted octanol–water partition coefficient (Wildman–Crippen LogP) is 2.69. The molecule has 0 fully saturated rings. The third-order valence-corrected chi connectivity index (χ3v) is 2.45. The number of ether oxygens (including phenoxy) is 1. The minimum Gasteiger partial charge on any atom is -0.492 e. The van der Waals surface area contributed by atoms with Gasteiger partial charge in [0.05, 0.1) is 12.4 Å². The van der Waals surface area contributed by atoms with Crippen molar-refractivity contribution in [2.24, 2.45) is 0 Å². The third kappa shape index (κ3) is 4.31. The molecule has 1 heterocycles. The summed E-state index contributed by atoms with van der Waals surface area (Å²) in [6.45, 7) is 1.01. The highest BCUT2D eigenvalue weighted by Crippen LogP contribution is 2.16. The van der Waals surface area contributed by atoms with E-state index in [-0.39, 0.29) is 11.7 Å². The summed E-state index contributed by atoms with van der Waals surface area (Å²) in [6, 6.07) is 6.20. The lowest BCUT2D eigenvalue weighted by atomic mass is 10.2. The molecule has 0 saturated heterocycles. The van der Waals surface area contributed by atoms with Crippen LogP contribution in [0.1, 0.15) is 5.56 Å². The van der Waals surface area contributed by atoms with Crippen molar-refractivity contribution < 1.29 is 9.13 Å². The Morgan fingerprint density at radius 3 is 3.00 bits per heavy atom. The molecule has 2 aromatic rings. The van der Waals surface area contributed by atoms with Gasteiger partial charge in [-0.15, -0.1) is 11.6 Å². The van der Waals surface area contributed by atoms with Gasteiger partial charge in [0.1, 0.15) is 18.2 Å². The first-order valence-electron chi connectivity index (χ1n) is 5.73. The summed E-state index contributed by atoms with van der Waals surface area (Å²) in [7, 11) is 0. The average Bonchev–Trinajstić information content (AvgIpc) is 2.89. The Labute approximate surface area is 116 Å². The number of aromatic nitrogens is 2. The van der Waals surface area contributed by atoms with Gasteiger partial charge in [0, 0.05) is 24.0 Å². The fourth-order valence-corrected chi connectivity index (χ4v) is 1.61. The zero-order valence-corrected chi connectivity index (χ0v) is 10.9. The smallest absolute Gasteiger partial charge is 0.128 e. The summed E-state index contributed by atoms with van der Waals surface area (Å²) >= 11 is 5.46. The van der Waals surface area contributed by atoms with E-state index in [1.807, 2.05) is 12.3 Å². The molecule has 0 saturated carbocycles. The minimum atomic E-state index is -0.379. The van der Waals surface area contributed by atoms with Gasteiger partial charge in [0.25, 0.3) is 0 Å². The minimum absolute atomic E-state index is 0.214. The molecular weight excluding hydrogens is 267 g/mol. The normalized spacial score (nSPS) is 9.79. The SMILES string of the molecule is Fc1cc(C#CCCl)cc(OCCn2cccn2)c1. The molecule has 0 spiro atoms. The van der Waals surface area contributed by atoms with Crippen LogP contribution in [0.15, 0.2) is 36.7 Å². The van der Waals surface area contributed by atoms with E-state index in [1.165, 1.54) is 12.1 Å². The van der Waals surface area contributed by atoms with Gasteiger partial charge in [-0.05, 0) is 18.2 Å². The molecule has 98 valence electrons. The first-order chi connectivity index (χ1) is 9.28. The molecule has 0 atom stereocenters. The van der Waals surface area contributed by atoms with E-state index < -0.39 is 0 Å². The standard InChI is InChI=1S/C14H12ClFN2O/c15-4-1-3-12-9-13(16)11-14(10-12)19-8-7-18-6-2-5-17-18/h2,5-6,9-11H,4,7-8H2. The maximum Gasteiger partial charge on any atom is 0.128 e. The number of hydrogen-bond acceptors (Lipinski definition) is 2. The summed E-state index contributed by atoms with van der Waals surface area (Å²) in [4.78, 5) is 0. The summed E-state index contributed by atoms with van der Waals surface area (Å²) in [5.74, 6) is 5.72. The summed E-state index contributed by atoms with van der Waals surface area (Å²) in [5, 5.41) is 4.05. The highest BCUT2D eigenvalue weighted by Gasteiger charge is 2.00. The van der Waals surface area contributed by atoms with Crippen molar-refractivity contribution in [3.8, 4) is 17.6 Å². The van der Waals surface area contributed by atoms with Crippen LogP contribution in [0.2, 0.25) is 0 Å². The Kier molecular flexibility index (Phi) is 4.82. The van der Waals surface area contributed by atoms with Crippen LogP contribution < -0.4 is 4.74 Å². The second-order valence-corrected chi connectivity index (χ2v) is 4.00. The van der Waals surface area contributed by atoms with Gasteiger partial charge < -0.3 is 4.74 Å². The van der Waals surface area contributed by atoms with Gasteiger partial charge in [-0.2, -0.15) is 5.10 Å². The van der Waals surface area contributed by atoms with E-state index in [4.69, 9.17) is 16.3 Å². The highest BCUT2D eigenvalue weighted by atomic mass is 35.5. The lowest BCUT2D eigenvalue weighted by molar-refractivity contribution is 0.290. The fourth-order valence-electron chi connectivity index (χ4n) is 1.54. The second kappa shape index (κ2) is 6.81. The number of rotatable bonds is 4. The second-order valence-electron chi connectivity index (χ2n) is 3.73. The molecular formula is C14H12ClFN2O. The third-order valence-electron chi connectivity index (χ3n) is 2.32. The van der Waals surface area contributed by atoms with E-state index in [0.717, 1.165) is 0 Å². The molecule has 1 aromatic carbocycles. The maximum atomic E-state index is 13.4. The van der Waals surface area contributed by atoms with Crippen LogP contribution in [0.4, 0.5) is 4.39 Å². The monoisotopic (exact) mass is 278 g/mol. The molecule has 0 amide bonds. The van der Waals surface area contributed by atoms with Crippen LogP contribution in [0.25, 0.3) is 0 Å². The summed E-state index contributed by atoms with van der Waals surface area (Å²) in [6.07, 6.45) is 3.54. The molecule has 5 heteroatoms. The van der Waals surface area contributed by atoms with Crippen molar-refractivity contribution in [2.75, 3.05) is 12.5 Å². The summed E-state index contributed by atoms with van der Waals surface area (Å²) < 4.78 is 20.6. The van der Waals surface area contributed by atoms with Gasteiger partial charge in [-0.3, -0.25) is 4.68 Å². The Morgan fingerprint density at radius 2 is 2.26 bits per heavy atom. The van der Waals surface area contributed by atoms with Crippen molar-refractivity contribution in [3.05, 3.63) is 48.0 Å². The molecule has 0 N–H and O–H groups in total. The summed E-state index contributed by atoms with van der Waals surface area (Å²) in [5.41, 5.74) is 0.551. The Bertz CT molecular complexity index is 587. The lowest BCUT2D eigenvalue weighted by Crippen LogP contribution is -2.08. The number of alkyl halides is 1. The van der Waals surface area contributed by atoms with E-state index in [1.54, 1.807) is 16.9 Å². The van der Waals surface area contributed by atoms with Gasteiger partial charge in [0.15, 0.2) is 0 Å². The van der Waals surface area contributed by atoms with E-state index in [9.17, 15) is 4.39 Å². The zero-order valence-electron chi connectivity index (χ0n) is 10.1. The van der Waals surface area contributed by atoms with Crippen molar-refractivity contribution >= 4 is 11.6 Å². The van der Waals surface area contributed by atoms with E-state index in [0.29, 0.717) is 24.5 Å².